The van der Waals surface area contributed by atoms with Crippen LogP contribution in [0.1, 0.15) is 13.8 Å². The van der Waals surface area contributed by atoms with E-state index in [0.717, 1.165) is 0 Å². The molecule has 0 spiro atoms. The largest absolute Gasteiger partial charge is 0.677 e. The van der Waals surface area contributed by atoms with E-state index in [1.807, 2.05) is 13.8 Å². The van der Waals surface area contributed by atoms with Crippen molar-refractivity contribution in [3.63, 3.8) is 0 Å². The van der Waals surface area contributed by atoms with Gasteiger partial charge in [0.1, 0.15) is 28.1 Å². The number of ether oxygens (including phenoxy) is 2. The summed E-state index contributed by atoms with van der Waals surface area (Å²) in [6.45, 7) is 5.02. The summed E-state index contributed by atoms with van der Waals surface area (Å²) in [7, 11) is 0. The second-order valence-corrected chi connectivity index (χ2v) is 4.33. The normalized spacial score (nSPS) is 40.5. The molecule has 2 heterocycles. The average Bonchev–Trinajstić information content (AvgIpc) is 2.17. The third kappa shape index (κ3) is 1.82. The first-order valence-corrected chi connectivity index (χ1v) is 5.02. The Morgan fingerprint density at radius 1 is 1.08 bits per heavy atom. The highest BCUT2D eigenvalue weighted by Crippen LogP contribution is 2.29. The standard InChI is InChI=1S/C7H12O4.Al/c1-7(2)10-5(3-8)6(4-9)11-7;/h5-6H,3-4H2,1-2H3;/q-2;+1/t5-,6-;/m0./s1. The SMILES string of the molecule is CC1(C)O[C@H]2C[O][Al-][O]C[C@@H]2O1. The Labute approximate surface area is 78.5 Å². The van der Waals surface area contributed by atoms with Crippen LogP contribution in [0, 0.1) is 0 Å². The lowest BCUT2D eigenvalue weighted by atomic mass is 10.2. The fourth-order valence-electron chi connectivity index (χ4n) is 1.51. The molecule has 12 heavy (non-hydrogen) atoms. The first-order chi connectivity index (χ1) is 5.67. The smallest absolute Gasteiger partial charge is 0.163 e. The Balaban J connectivity index is 2.02. The van der Waals surface area contributed by atoms with E-state index in [-0.39, 0.29) is 28.1 Å². The summed E-state index contributed by atoms with van der Waals surface area (Å²) in [6.07, 6.45) is 0.102. The Morgan fingerprint density at radius 2 is 1.58 bits per heavy atom. The molecule has 4 nitrogen and oxygen atoms in total. The van der Waals surface area contributed by atoms with Gasteiger partial charge in [-0.25, -0.2) is 0 Å². The highest BCUT2D eigenvalue weighted by Gasteiger charge is 2.40. The molecule has 5 heteroatoms. The van der Waals surface area contributed by atoms with Crippen LogP contribution in [0.25, 0.3) is 0 Å². The van der Waals surface area contributed by atoms with Crippen molar-refractivity contribution in [2.45, 2.75) is 31.8 Å². The summed E-state index contributed by atoms with van der Waals surface area (Å²) in [5.74, 6) is -0.477. The molecule has 0 amide bonds. The van der Waals surface area contributed by atoms with Gasteiger partial charge >= 0.3 is 0 Å². The van der Waals surface area contributed by atoms with E-state index in [2.05, 4.69) is 0 Å². The molecule has 0 aliphatic carbocycles. The van der Waals surface area contributed by atoms with E-state index in [1.165, 1.54) is 0 Å². The van der Waals surface area contributed by atoms with Crippen LogP contribution in [0.4, 0.5) is 0 Å². The van der Waals surface area contributed by atoms with Crippen LogP contribution in [-0.4, -0.2) is 47.1 Å². The Morgan fingerprint density at radius 3 is 2.08 bits per heavy atom. The Hall–Kier alpha value is 0.372. The highest BCUT2D eigenvalue weighted by atomic mass is 27.2. The van der Waals surface area contributed by atoms with Gasteiger partial charge in [0, 0.05) is 13.2 Å². The van der Waals surface area contributed by atoms with Crippen LogP contribution >= 0.6 is 0 Å². The molecule has 2 radical (unpaired) electrons. The predicted octanol–water partition coefficient (Wildman–Crippen LogP) is 0.0875. The maximum atomic E-state index is 5.62. The molecule has 0 aromatic carbocycles. The lowest BCUT2D eigenvalue weighted by Crippen LogP contribution is -2.27. The van der Waals surface area contributed by atoms with Crippen molar-refractivity contribution in [2.75, 3.05) is 13.2 Å². The van der Waals surface area contributed by atoms with E-state index < -0.39 is 5.79 Å². The first kappa shape index (κ1) is 8.95. The maximum Gasteiger partial charge on any atom is 0.163 e. The predicted molar refractivity (Wildman–Crippen MR) is 41.5 cm³/mol. The third-order valence-corrected chi connectivity index (χ3v) is 2.60. The number of hydrogen-bond donors (Lipinski definition) is 0. The molecule has 0 aromatic rings. The quantitative estimate of drug-likeness (QED) is 0.503. The lowest BCUT2D eigenvalue weighted by Gasteiger charge is -2.21. The zero-order valence-electron chi connectivity index (χ0n) is 7.28. The van der Waals surface area contributed by atoms with Crippen molar-refractivity contribution < 1.29 is 17.1 Å². The van der Waals surface area contributed by atoms with Gasteiger partial charge in [-0.1, -0.05) is 0 Å². The van der Waals surface area contributed by atoms with Crippen molar-refractivity contribution in [3.05, 3.63) is 0 Å². The van der Waals surface area contributed by atoms with Crippen molar-refractivity contribution in [2.24, 2.45) is 0 Å². The van der Waals surface area contributed by atoms with Crippen LogP contribution in [0.15, 0.2) is 0 Å². The molecule has 2 saturated heterocycles. The topological polar surface area (TPSA) is 36.9 Å². The van der Waals surface area contributed by atoms with E-state index in [1.54, 1.807) is 0 Å². The van der Waals surface area contributed by atoms with Gasteiger partial charge in [0.25, 0.3) is 0 Å². The number of hydrogen-bond acceptors (Lipinski definition) is 4. The Kier molecular flexibility index (Phi) is 2.43. The van der Waals surface area contributed by atoms with E-state index in [9.17, 15) is 0 Å². The van der Waals surface area contributed by atoms with Gasteiger partial charge < -0.3 is 17.1 Å². The van der Waals surface area contributed by atoms with Crippen LogP contribution < -0.4 is 0 Å². The van der Waals surface area contributed by atoms with E-state index in [0.29, 0.717) is 13.2 Å². The van der Waals surface area contributed by atoms with Crippen LogP contribution in [0.5, 0.6) is 0 Å². The molecular weight excluding hydrogens is 175 g/mol. The third-order valence-electron chi connectivity index (χ3n) is 1.94. The van der Waals surface area contributed by atoms with Gasteiger partial charge in [-0.2, -0.15) is 0 Å². The second kappa shape index (κ2) is 3.26. The minimum absolute atomic E-state index is 0.0509. The molecule has 0 unspecified atom stereocenters. The fraction of sp³-hybridized carbons (Fsp3) is 1.00. The van der Waals surface area contributed by atoms with Crippen molar-refractivity contribution >= 4 is 15.9 Å². The first-order valence-electron chi connectivity index (χ1n) is 4.08. The maximum absolute atomic E-state index is 5.62. The summed E-state index contributed by atoms with van der Waals surface area (Å²) in [5, 5.41) is 0. The lowest BCUT2D eigenvalue weighted by molar-refractivity contribution is -0.152. The van der Waals surface area contributed by atoms with Crippen molar-refractivity contribution in [3.8, 4) is 0 Å². The fourth-order valence-corrected chi connectivity index (χ4v) is 2.14. The van der Waals surface area contributed by atoms with Gasteiger partial charge in [0.05, 0.1) is 0 Å². The summed E-state index contributed by atoms with van der Waals surface area (Å²) in [4.78, 5) is 0. The molecule has 2 fully saturated rings. The molecule has 0 aromatic heterocycles. The van der Waals surface area contributed by atoms with Crippen LogP contribution in [0.3, 0.4) is 0 Å². The minimum Gasteiger partial charge on any atom is -0.677 e. The van der Waals surface area contributed by atoms with Gasteiger partial charge in [0.15, 0.2) is 5.79 Å². The van der Waals surface area contributed by atoms with Gasteiger partial charge in [-0.15, -0.1) is 0 Å². The minimum atomic E-state index is -0.477. The molecule has 68 valence electrons. The highest BCUT2D eigenvalue weighted by molar-refractivity contribution is 6.18. The summed E-state index contributed by atoms with van der Waals surface area (Å²) < 4.78 is 21.8. The molecule has 2 aliphatic heterocycles. The second-order valence-electron chi connectivity index (χ2n) is 3.48. The van der Waals surface area contributed by atoms with Crippen molar-refractivity contribution in [1.29, 1.82) is 0 Å². The molecule has 0 saturated carbocycles. The molecular formula is C7H12AlO4-. The molecule has 2 rings (SSSR count). The van der Waals surface area contributed by atoms with Gasteiger partial charge in [0.2, 0.25) is 0 Å². The average molecular weight is 187 g/mol. The zero-order chi connectivity index (χ0) is 8.60. The number of fused-ring (bicyclic) bond motifs is 1. The number of rotatable bonds is 0. The summed E-state index contributed by atoms with van der Waals surface area (Å²) >= 11 is -0.318. The molecule has 2 atom stereocenters. The van der Waals surface area contributed by atoms with E-state index in [4.69, 9.17) is 17.1 Å². The summed E-state index contributed by atoms with van der Waals surface area (Å²) in [6, 6.07) is 0. The van der Waals surface area contributed by atoms with Crippen LogP contribution in [-0.2, 0) is 17.1 Å². The van der Waals surface area contributed by atoms with Crippen molar-refractivity contribution in [1.82, 2.24) is 0 Å². The Bertz CT molecular complexity index is 157. The van der Waals surface area contributed by atoms with E-state index >= 15 is 0 Å². The van der Waals surface area contributed by atoms with Gasteiger partial charge in [-0.05, 0) is 13.8 Å². The molecule has 0 bridgehead atoms. The molecule has 2 aliphatic rings. The molecule has 0 N–H and O–H groups in total. The van der Waals surface area contributed by atoms with Gasteiger partial charge in [-0.3, -0.25) is 0 Å². The van der Waals surface area contributed by atoms with Crippen LogP contribution in [0.2, 0.25) is 0 Å². The monoisotopic (exact) mass is 187 g/mol. The zero-order valence-corrected chi connectivity index (χ0v) is 8.43. The summed E-state index contributed by atoms with van der Waals surface area (Å²) in [5.41, 5.74) is 0.